The van der Waals surface area contributed by atoms with Crippen LogP contribution in [0, 0.1) is 6.92 Å². The summed E-state index contributed by atoms with van der Waals surface area (Å²) in [6, 6.07) is 6.95. The molecular weight excluding hydrogens is 250 g/mol. The number of fused-ring (bicyclic) bond motifs is 1. The normalized spacial score (nSPS) is 31.6. The van der Waals surface area contributed by atoms with Crippen LogP contribution in [0.1, 0.15) is 49.8 Å². The summed E-state index contributed by atoms with van der Waals surface area (Å²) in [5, 5.41) is 3.69. The topological polar surface area (TPSA) is 30.5 Å². The van der Waals surface area contributed by atoms with E-state index in [1.807, 2.05) is 0 Å². The lowest BCUT2D eigenvalue weighted by atomic mass is 9.70. The Bertz CT molecular complexity index is 480. The molecule has 0 saturated heterocycles. The molecule has 1 fully saturated rings. The minimum atomic E-state index is -0.00561. The van der Waals surface area contributed by atoms with Crippen molar-refractivity contribution in [2.75, 3.05) is 13.7 Å². The maximum atomic E-state index is 6.33. The molecule has 0 amide bonds. The Morgan fingerprint density at radius 3 is 2.85 bits per heavy atom. The van der Waals surface area contributed by atoms with Gasteiger partial charge in [-0.05, 0) is 26.0 Å². The van der Waals surface area contributed by atoms with Crippen molar-refractivity contribution in [2.45, 2.75) is 57.3 Å². The molecule has 1 unspecified atom stereocenters. The second kappa shape index (κ2) is 5.38. The van der Waals surface area contributed by atoms with Crippen LogP contribution in [-0.2, 0) is 4.74 Å². The first-order valence-electron chi connectivity index (χ1n) is 7.71. The molecule has 1 atom stereocenters. The summed E-state index contributed by atoms with van der Waals surface area (Å²) in [6.45, 7) is 5.41. The molecule has 2 aliphatic rings. The first kappa shape index (κ1) is 13.9. The van der Waals surface area contributed by atoms with E-state index in [4.69, 9.17) is 9.47 Å². The molecule has 0 bridgehead atoms. The van der Waals surface area contributed by atoms with Crippen LogP contribution in [0.15, 0.2) is 18.2 Å². The van der Waals surface area contributed by atoms with Gasteiger partial charge in [-0.1, -0.05) is 24.6 Å². The van der Waals surface area contributed by atoms with Crippen LogP contribution < -0.4 is 10.1 Å². The molecule has 1 aromatic rings. The summed E-state index contributed by atoms with van der Waals surface area (Å²) in [6.07, 6.45) is 4.62. The lowest BCUT2D eigenvalue weighted by Crippen LogP contribution is -2.56. The van der Waals surface area contributed by atoms with Crippen LogP contribution in [0.3, 0.4) is 0 Å². The number of ether oxygens (including phenoxy) is 2. The van der Waals surface area contributed by atoms with E-state index in [-0.39, 0.29) is 5.60 Å². The van der Waals surface area contributed by atoms with Gasteiger partial charge in [0.15, 0.2) is 0 Å². The molecule has 1 N–H and O–H groups in total. The summed E-state index contributed by atoms with van der Waals surface area (Å²) >= 11 is 0. The van der Waals surface area contributed by atoms with Gasteiger partial charge in [0, 0.05) is 38.0 Å². The van der Waals surface area contributed by atoms with Gasteiger partial charge in [-0.2, -0.15) is 0 Å². The number of rotatable bonds is 4. The van der Waals surface area contributed by atoms with E-state index < -0.39 is 0 Å². The number of benzene rings is 1. The molecule has 3 rings (SSSR count). The van der Waals surface area contributed by atoms with Crippen LogP contribution in [0.2, 0.25) is 0 Å². The molecule has 1 aromatic carbocycles. The van der Waals surface area contributed by atoms with E-state index in [1.54, 1.807) is 7.11 Å². The molecule has 3 heteroatoms. The Labute approximate surface area is 121 Å². The third kappa shape index (κ3) is 2.45. The van der Waals surface area contributed by atoms with E-state index in [1.165, 1.54) is 11.1 Å². The van der Waals surface area contributed by atoms with E-state index in [0.717, 1.165) is 38.0 Å². The quantitative estimate of drug-likeness (QED) is 0.914. The van der Waals surface area contributed by atoms with Crippen LogP contribution >= 0.6 is 0 Å². The first-order valence-corrected chi connectivity index (χ1v) is 7.71. The lowest BCUT2D eigenvalue weighted by molar-refractivity contribution is -0.126. The summed E-state index contributed by atoms with van der Waals surface area (Å²) in [4.78, 5) is 0. The van der Waals surface area contributed by atoms with Gasteiger partial charge in [0.2, 0.25) is 0 Å². The van der Waals surface area contributed by atoms with Gasteiger partial charge in [-0.15, -0.1) is 0 Å². The highest BCUT2D eigenvalue weighted by Gasteiger charge is 2.50. The van der Waals surface area contributed by atoms with Crippen LogP contribution in [-0.4, -0.2) is 25.4 Å². The van der Waals surface area contributed by atoms with Gasteiger partial charge in [0.1, 0.15) is 11.4 Å². The lowest BCUT2D eigenvalue weighted by Gasteiger charge is -2.51. The average molecular weight is 275 g/mol. The molecular formula is C17H25NO2. The minimum Gasteiger partial charge on any atom is -0.487 e. The van der Waals surface area contributed by atoms with E-state index in [9.17, 15) is 0 Å². The number of nitrogens with one attached hydrogen (secondary N) is 1. The maximum Gasteiger partial charge on any atom is 0.124 e. The Kier molecular flexibility index (Phi) is 3.74. The Balaban J connectivity index is 1.84. The SMILES string of the molecule is CCCNC1CC2(CC(OC)C2)Oc2ccc(C)cc21. The molecule has 0 radical (unpaired) electrons. The minimum absolute atomic E-state index is 0.00561. The molecule has 1 aliphatic heterocycles. The number of hydrogen-bond acceptors (Lipinski definition) is 3. The van der Waals surface area contributed by atoms with Crippen molar-refractivity contribution in [3.8, 4) is 5.75 Å². The highest BCUT2D eigenvalue weighted by molar-refractivity contribution is 5.42. The van der Waals surface area contributed by atoms with Crippen molar-refractivity contribution in [2.24, 2.45) is 0 Å². The Morgan fingerprint density at radius 1 is 1.35 bits per heavy atom. The fraction of sp³-hybridized carbons (Fsp3) is 0.647. The molecule has 110 valence electrons. The summed E-state index contributed by atoms with van der Waals surface area (Å²) in [5.41, 5.74) is 2.62. The number of aryl methyl sites for hydroxylation is 1. The average Bonchev–Trinajstić information content (AvgIpc) is 2.42. The van der Waals surface area contributed by atoms with Gasteiger partial charge < -0.3 is 14.8 Å². The Hall–Kier alpha value is -1.06. The summed E-state index contributed by atoms with van der Waals surface area (Å²) in [5.74, 6) is 1.06. The van der Waals surface area contributed by atoms with E-state index in [0.29, 0.717) is 12.1 Å². The van der Waals surface area contributed by atoms with Crippen LogP contribution in [0.4, 0.5) is 0 Å². The van der Waals surface area contributed by atoms with E-state index in [2.05, 4.69) is 37.4 Å². The van der Waals surface area contributed by atoms with Crippen molar-refractivity contribution < 1.29 is 9.47 Å². The molecule has 1 aliphatic carbocycles. The Morgan fingerprint density at radius 2 is 2.15 bits per heavy atom. The van der Waals surface area contributed by atoms with Gasteiger partial charge in [-0.25, -0.2) is 0 Å². The van der Waals surface area contributed by atoms with Gasteiger partial charge in [0.25, 0.3) is 0 Å². The van der Waals surface area contributed by atoms with Crippen molar-refractivity contribution in [3.63, 3.8) is 0 Å². The largest absolute Gasteiger partial charge is 0.487 e. The predicted molar refractivity (Wildman–Crippen MR) is 80.2 cm³/mol. The third-order valence-electron chi connectivity index (χ3n) is 4.62. The first-order chi connectivity index (χ1) is 9.65. The summed E-state index contributed by atoms with van der Waals surface area (Å²) < 4.78 is 11.8. The van der Waals surface area contributed by atoms with Crippen molar-refractivity contribution >= 4 is 0 Å². The predicted octanol–water partition coefficient (Wildman–Crippen LogP) is 3.37. The van der Waals surface area contributed by atoms with Gasteiger partial charge in [-0.3, -0.25) is 0 Å². The molecule has 0 aromatic heterocycles. The highest BCUT2D eigenvalue weighted by Crippen LogP contribution is 2.49. The zero-order valence-electron chi connectivity index (χ0n) is 12.7. The van der Waals surface area contributed by atoms with E-state index >= 15 is 0 Å². The maximum absolute atomic E-state index is 6.33. The number of methoxy groups -OCH3 is 1. The molecule has 1 saturated carbocycles. The van der Waals surface area contributed by atoms with Crippen LogP contribution in [0.5, 0.6) is 5.75 Å². The zero-order chi connectivity index (χ0) is 14.2. The molecule has 3 nitrogen and oxygen atoms in total. The van der Waals surface area contributed by atoms with Gasteiger partial charge in [0.05, 0.1) is 6.10 Å². The molecule has 1 heterocycles. The van der Waals surface area contributed by atoms with Crippen molar-refractivity contribution in [1.29, 1.82) is 0 Å². The summed E-state index contributed by atoms with van der Waals surface area (Å²) in [7, 11) is 1.80. The molecule has 1 spiro atoms. The standard InChI is InChI=1S/C17H25NO2/c1-4-7-18-15-11-17(9-13(10-17)19-3)20-16-6-5-12(2)8-14(15)16/h5-6,8,13,15,18H,4,7,9-11H2,1-3H3. The van der Waals surface area contributed by atoms with Crippen molar-refractivity contribution in [3.05, 3.63) is 29.3 Å². The highest BCUT2D eigenvalue weighted by atomic mass is 16.5. The van der Waals surface area contributed by atoms with Crippen molar-refractivity contribution in [1.82, 2.24) is 5.32 Å². The third-order valence-corrected chi connectivity index (χ3v) is 4.62. The second-order valence-electron chi connectivity index (χ2n) is 6.30. The van der Waals surface area contributed by atoms with Gasteiger partial charge >= 0.3 is 0 Å². The second-order valence-corrected chi connectivity index (χ2v) is 6.30. The molecule has 20 heavy (non-hydrogen) atoms. The number of hydrogen-bond donors (Lipinski definition) is 1. The smallest absolute Gasteiger partial charge is 0.124 e. The fourth-order valence-electron chi connectivity index (χ4n) is 3.48. The fourth-order valence-corrected chi connectivity index (χ4v) is 3.48. The monoisotopic (exact) mass is 275 g/mol. The van der Waals surface area contributed by atoms with Crippen LogP contribution in [0.25, 0.3) is 0 Å². The zero-order valence-corrected chi connectivity index (χ0v) is 12.7.